The molecule has 1 unspecified atom stereocenters. The summed E-state index contributed by atoms with van der Waals surface area (Å²) < 4.78 is 0. The quantitative estimate of drug-likeness (QED) is 0.756. The van der Waals surface area contributed by atoms with E-state index < -0.39 is 0 Å². The number of rotatable bonds is 9. The highest BCUT2D eigenvalue weighted by Gasteiger charge is 2.12. The molecule has 20 heavy (non-hydrogen) atoms. The first-order chi connectivity index (χ1) is 9.62. The van der Waals surface area contributed by atoms with Gasteiger partial charge in [-0.1, -0.05) is 13.8 Å². The Kier molecular flexibility index (Phi) is 8.00. The van der Waals surface area contributed by atoms with Gasteiger partial charge in [0.15, 0.2) is 0 Å². The number of hydrogen-bond donors (Lipinski definition) is 1. The van der Waals surface area contributed by atoms with E-state index in [-0.39, 0.29) is 0 Å². The summed E-state index contributed by atoms with van der Waals surface area (Å²) in [6.07, 6.45) is 4.34. The van der Waals surface area contributed by atoms with Gasteiger partial charge in [0.2, 0.25) is 0 Å². The fourth-order valence-corrected chi connectivity index (χ4v) is 2.65. The van der Waals surface area contributed by atoms with Gasteiger partial charge in [-0.25, -0.2) is 4.98 Å². The number of hydrogen-bond acceptors (Lipinski definition) is 4. The van der Waals surface area contributed by atoms with Crippen LogP contribution in [0.3, 0.4) is 0 Å². The van der Waals surface area contributed by atoms with Crippen LogP contribution in [0.25, 0.3) is 0 Å². The third-order valence-corrected chi connectivity index (χ3v) is 4.27. The summed E-state index contributed by atoms with van der Waals surface area (Å²) in [4.78, 5) is 7.09. The van der Waals surface area contributed by atoms with Crippen LogP contribution in [0.4, 0.5) is 5.82 Å². The molecule has 0 amide bonds. The predicted molar refractivity (Wildman–Crippen MR) is 91.9 cm³/mol. The molecule has 0 saturated carbocycles. The standard InChI is InChI=1S/C16H29N3S/c1-6-15-10-14(12-17-7-2)11-16(18-15)19(4)13(3)8-9-20-5/h10-11,13,17H,6-9,12H2,1-5H3. The van der Waals surface area contributed by atoms with E-state index in [4.69, 9.17) is 4.98 Å². The van der Waals surface area contributed by atoms with Gasteiger partial charge < -0.3 is 10.2 Å². The summed E-state index contributed by atoms with van der Waals surface area (Å²) in [5, 5.41) is 3.40. The second kappa shape index (κ2) is 9.24. The minimum absolute atomic E-state index is 0.522. The average Bonchev–Trinajstić information content (AvgIpc) is 2.49. The molecular weight excluding hydrogens is 266 g/mol. The van der Waals surface area contributed by atoms with E-state index in [0.29, 0.717) is 6.04 Å². The zero-order chi connectivity index (χ0) is 15.0. The van der Waals surface area contributed by atoms with E-state index in [9.17, 15) is 0 Å². The maximum absolute atomic E-state index is 4.78. The summed E-state index contributed by atoms with van der Waals surface area (Å²) >= 11 is 1.91. The maximum atomic E-state index is 4.78. The van der Waals surface area contributed by atoms with Crippen molar-refractivity contribution in [3.8, 4) is 0 Å². The van der Waals surface area contributed by atoms with E-state index in [1.165, 1.54) is 23.4 Å². The first-order valence-corrected chi connectivity index (χ1v) is 8.94. The summed E-state index contributed by atoms with van der Waals surface area (Å²) in [5.74, 6) is 2.30. The van der Waals surface area contributed by atoms with Gasteiger partial charge in [-0.05, 0) is 56.0 Å². The Morgan fingerprint density at radius 3 is 2.70 bits per heavy atom. The Hall–Kier alpha value is -0.740. The molecule has 114 valence electrons. The van der Waals surface area contributed by atoms with Crippen LogP contribution in [0.2, 0.25) is 0 Å². The number of aromatic nitrogens is 1. The molecule has 1 heterocycles. The van der Waals surface area contributed by atoms with Crippen LogP contribution in [0.1, 0.15) is 38.4 Å². The number of thioether (sulfide) groups is 1. The van der Waals surface area contributed by atoms with Gasteiger partial charge in [0.25, 0.3) is 0 Å². The Morgan fingerprint density at radius 1 is 1.35 bits per heavy atom. The van der Waals surface area contributed by atoms with Crippen LogP contribution in [-0.4, -0.2) is 36.6 Å². The van der Waals surface area contributed by atoms with Crippen LogP contribution in [0, 0.1) is 0 Å². The van der Waals surface area contributed by atoms with Gasteiger partial charge >= 0.3 is 0 Å². The molecular formula is C16H29N3S. The predicted octanol–water partition coefficient (Wildman–Crippen LogP) is 3.33. The molecule has 0 aliphatic heterocycles. The van der Waals surface area contributed by atoms with Crippen molar-refractivity contribution in [3.63, 3.8) is 0 Å². The van der Waals surface area contributed by atoms with Gasteiger partial charge in [0.05, 0.1) is 0 Å². The van der Waals surface area contributed by atoms with Gasteiger partial charge in [-0.15, -0.1) is 0 Å². The van der Waals surface area contributed by atoms with Crippen LogP contribution >= 0.6 is 11.8 Å². The molecule has 0 aliphatic rings. The number of nitrogens with zero attached hydrogens (tertiary/aromatic N) is 2. The fraction of sp³-hybridized carbons (Fsp3) is 0.688. The van der Waals surface area contributed by atoms with E-state index >= 15 is 0 Å². The van der Waals surface area contributed by atoms with Crippen molar-refractivity contribution < 1.29 is 0 Å². The number of anilines is 1. The fourth-order valence-electron chi connectivity index (χ4n) is 2.07. The van der Waals surface area contributed by atoms with Crippen molar-refractivity contribution in [1.82, 2.24) is 10.3 Å². The summed E-state index contributed by atoms with van der Waals surface area (Å²) in [6, 6.07) is 4.96. The smallest absolute Gasteiger partial charge is 0.129 e. The minimum atomic E-state index is 0.522. The molecule has 0 bridgehead atoms. The molecule has 0 saturated heterocycles. The van der Waals surface area contributed by atoms with Crippen molar-refractivity contribution in [2.75, 3.05) is 30.5 Å². The molecule has 1 aromatic heterocycles. The molecule has 0 aliphatic carbocycles. The van der Waals surface area contributed by atoms with Gasteiger partial charge in [0.1, 0.15) is 5.82 Å². The lowest BCUT2D eigenvalue weighted by atomic mass is 10.1. The molecule has 0 radical (unpaired) electrons. The molecule has 1 aromatic rings. The van der Waals surface area contributed by atoms with Crippen molar-refractivity contribution in [1.29, 1.82) is 0 Å². The summed E-state index contributed by atoms with van der Waals surface area (Å²) in [5.41, 5.74) is 2.51. The van der Waals surface area contributed by atoms with Gasteiger partial charge in [-0.2, -0.15) is 11.8 Å². The summed E-state index contributed by atoms with van der Waals surface area (Å²) in [6.45, 7) is 8.51. The highest BCUT2D eigenvalue weighted by atomic mass is 32.2. The topological polar surface area (TPSA) is 28.2 Å². The highest BCUT2D eigenvalue weighted by molar-refractivity contribution is 7.98. The minimum Gasteiger partial charge on any atom is -0.357 e. The van der Waals surface area contributed by atoms with Crippen molar-refractivity contribution >= 4 is 17.6 Å². The third kappa shape index (κ3) is 5.33. The lowest BCUT2D eigenvalue weighted by Crippen LogP contribution is -2.30. The van der Waals surface area contributed by atoms with E-state index in [0.717, 1.165) is 25.3 Å². The SMILES string of the molecule is CCNCc1cc(CC)nc(N(C)C(C)CCSC)c1. The van der Waals surface area contributed by atoms with E-state index in [1.807, 2.05) is 11.8 Å². The largest absolute Gasteiger partial charge is 0.357 e. The van der Waals surface area contributed by atoms with E-state index in [2.05, 4.69) is 56.4 Å². The lowest BCUT2D eigenvalue weighted by Gasteiger charge is -2.27. The Balaban J connectivity index is 2.85. The number of nitrogens with one attached hydrogen (secondary N) is 1. The van der Waals surface area contributed by atoms with Crippen LogP contribution in [0.5, 0.6) is 0 Å². The highest BCUT2D eigenvalue weighted by Crippen LogP contribution is 2.18. The zero-order valence-electron chi connectivity index (χ0n) is 13.6. The number of aryl methyl sites for hydroxylation is 1. The first-order valence-electron chi connectivity index (χ1n) is 7.54. The maximum Gasteiger partial charge on any atom is 0.129 e. The molecule has 4 heteroatoms. The number of pyridine rings is 1. The molecule has 0 spiro atoms. The average molecular weight is 295 g/mol. The summed E-state index contributed by atoms with van der Waals surface area (Å²) in [7, 11) is 2.16. The molecule has 1 atom stereocenters. The van der Waals surface area contributed by atoms with Crippen molar-refractivity contribution in [2.45, 2.75) is 46.2 Å². The van der Waals surface area contributed by atoms with Gasteiger partial charge in [-0.3, -0.25) is 0 Å². The third-order valence-electron chi connectivity index (χ3n) is 3.63. The molecule has 3 nitrogen and oxygen atoms in total. The van der Waals surface area contributed by atoms with Crippen molar-refractivity contribution in [2.24, 2.45) is 0 Å². The monoisotopic (exact) mass is 295 g/mol. The molecule has 0 aromatic carbocycles. The van der Waals surface area contributed by atoms with Gasteiger partial charge in [0, 0.05) is 25.3 Å². The van der Waals surface area contributed by atoms with Crippen LogP contribution in [0.15, 0.2) is 12.1 Å². The Labute approximate surface area is 128 Å². The van der Waals surface area contributed by atoms with Crippen LogP contribution < -0.4 is 10.2 Å². The Bertz CT molecular complexity index is 395. The normalized spacial score (nSPS) is 12.4. The molecule has 1 rings (SSSR count). The van der Waals surface area contributed by atoms with Crippen molar-refractivity contribution in [3.05, 3.63) is 23.4 Å². The molecule has 0 fully saturated rings. The zero-order valence-corrected chi connectivity index (χ0v) is 14.4. The molecule has 1 N–H and O–H groups in total. The first kappa shape index (κ1) is 17.3. The van der Waals surface area contributed by atoms with E-state index in [1.54, 1.807) is 0 Å². The second-order valence-corrected chi connectivity index (χ2v) is 6.19. The lowest BCUT2D eigenvalue weighted by molar-refractivity contribution is 0.658. The second-order valence-electron chi connectivity index (χ2n) is 5.20. The van der Waals surface area contributed by atoms with Crippen LogP contribution in [-0.2, 0) is 13.0 Å². The Morgan fingerprint density at radius 2 is 2.10 bits per heavy atom.